The molecule has 98 valence electrons. The minimum Gasteiger partial charge on any atom is -0.330 e. The molecular formula is C14H21N3O. The molecule has 0 fully saturated rings. The summed E-state index contributed by atoms with van der Waals surface area (Å²) in [5, 5.41) is 0. The summed E-state index contributed by atoms with van der Waals surface area (Å²) in [6, 6.07) is 6.19. The summed E-state index contributed by atoms with van der Waals surface area (Å²) in [7, 11) is 3.61. The van der Waals surface area contributed by atoms with E-state index in [0.29, 0.717) is 18.4 Å². The van der Waals surface area contributed by atoms with E-state index >= 15 is 0 Å². The fraction of sp³-hybridized carbons (Fsp3) is 0.500. The molecular weight excluding hydrogens is 226 g/mol. The van der Waals surface area contributed by atoms with Gasteiger partial charge in [0.05, 0.1) is 11.0 Å². The molecule has 0 bridgehead atoms. The number of hydrogen-bond acceptors (Lipinski definition) is 2. The lowest BCUT2D eigenvalue weighted by Gasteiger charge is -2.19. The molecule has 2 rings (SSSR count). The van der Waals surface area contributed by atoms with Crippen LogP contribution in [-0.4, -0.2) is 15.7 Å². The maximum atomic E-state index is 11.9. The van der Waals surface area contributed by atoms with Crippen LogP contribution in [0.3, 0.4) is 0 Å². The Kier molecular flexibility index (Phi) is 3.30. The van der Waals surface area contributed by atoms with Gasteiger partial charge in [-0.3, -0.25) is 9.13 Å². The minimum absolute atomic E-state index is 0.0102. The van der Waals surface area contributed by atoms with Crippen LogP contribution < -0.4 is 11.4 Å². The minimum atomic E-state index is 0.0102. The van der Waals surface area contributed by atoms with Crippen LogP contribution >= 0.6 is 0 Å². The Morgan fingerprint density at radius 3 is 2.33 bits per heavy atom. The molecule has 0 spiro atoms. The molecule has 4 nitrogen and oxygen atoms in total. The molecule has 1 atom stereocenters. The highest BCUT2D eigenvalue weighted by atomic mass is 16.1. The van der Waals surface area contributed by atoms with E-state index in [2.05, 4.69) is 26.0 Å². The number of imidazole rings is 1. The Hall–Kier alpha value is -1.55. The van der Waals surface area contributed by atoms with Crippen LogP contribution in [0, 0.1) is 5.92 Å². The van der Waals surface area contributed by atoms with Crippen molar-refractivity contribution in [1.29, 1.82) is 0 Å². The molecule has 0 saturated heterocycles. The molecule has 18 heavy (non-hydrogen) atoms. The number of benzene rings is 1. The van der Waals surface area contributed by atoms with Crippen molar-refractivity contribution in [2.24, 2.45) is 25.7 Å². The smallest absolute Gasteiger partial charge is 0.328 e. The van der Waals surface area contributed by atoms with Crippen molar-refractivity contribution >= 4 is 11.0 Å². The van der Waals surface area contributed by atoms with Gasteiger partial charge < -0.3 is 5.73 Å². The third-order valence-electron chi connectivity index (χ3n) is 3.78. The topological polar surface area (TPSA) is 52.9 Å². The summed E-state index contributed by atoms with van der Waals surface area (Å²) >= 11 is 0. The van der Waals surface area contributed by atoms with Crippen molar-refractivity contribution in [1.82, 2.24) is 9.13 Å². The Morgan fingerprint density at radius 1 is 1.17 bits per heavy atom. The van der Waals surface area contributed by atoms with Crippen LogP contribution in [0.25, 0.3) is 11.0 Å². The summed E-state index contributed by atoms with van der Waals surface area (Å²) in [5.74, 6) is 0.831. The van der Waals surface area contributed by atoms with Crippen LogP contribution in [-0.2, 0) is 14.1 Å². The molecule has 2 aromatic rings. The first-order valence-electron chi connectivity index (χ1n) is 6.32. The fourth-order valence-electron chi connectivity index (χ4n) is 2.55. The van der Waals surface area contributed by atoms with Crippen molar-refractivity contribution in [3.8, 4) is 0 Å². The van der Waals surface area contributed by atoms with E-state index in [-0.39, 0.29) is 5.69 Å². The average Bonchev–Trinajstić information content (AvgIpc) is 2.55. The van der Waals surface area contributed by atoms with Crippen LogP contribution in [0.2, 0.25) is 0 Å². The van der Waals surface area contributed by atoms with E-state index in [0.717, 1.165) is 11.0 Å². The molecule has 0 amide bonds. The quantitative estimate of drug-likeness (QED) is 0.895. The average molecular weight is 247 g/mol. The van der Waals surface area contributed by atoms with Crippen molar-refractivity contribution in [2.45, 2.75) is 19.8 Å². The maximum Gasteiger partial charge on any atom is 0.328 e. The highest BCUT2D eigenvalue weighted by molar-refractivity contribution is 5.77. The number of aromatic nitrogens is 2. The number of hydrogen-bond donors (Lipinski definition) is 1. The predicted octanol–water partition coefficient (Wildman–Crippen LogP) is 1.58. The van der Waals surface area contributed by atoms with Crippen molar-refractivity contribution < 1.29 is 0 Å². The van der Waals surface area contributed by atoms with Gasteiger partial charge in [-0.15, -0.1) is 0 Å². The molecule has 1 heterocycles. The van der Waals surface area contributed by atoms with Gasteiger partial charge in [0.1, 0.15) is 0 Å². The number of nitrogens with zero attached hydrogens (tertiary/aromatic N) is 2. The van der Waals surface area contributed by atoms with Crippen LogP contribution in [0.5, 0.6) is 0 Å². The van der Waals surface area contributed by atoms with Gasteiger partial charge in [-0.2, -0.15) is 0 Å². The van der Waals surface area contributed by atoms with E-state index in [1.165, 1.54) is 5.56 Å². The molecule has 1 aromatic heterocycles. The Labute approximate surface area is 107 Å². The summed E-state index contributed by atoms with van der Waals surface area (Å²) in [6.07, 6.45) is 0. The standard InChI is InChI=1S/C14H21N3O/c1-9(2)11(8-15)10-5-6-12-13(7-10)17(4)14(18)16(12)3/h5-7,9,11H,8,15H2,1-4H3. The summed E-state index contributed by atoms with van der Waals surface area (Å²) in [6.45, 7) is 4.97. The number of fused-ring (bicyclic) bond motifs is 1. The van der Waals surface area contributed by atoms with E-state index < -0.39 is 0 Å². The largest absolute Gasteiger partial charge is 0.330 e. The van der Waals surface area contributed by atoms with E-state index in [9.17, 15) is 4.79 Å². The first-order chi connectivity index (χ1) is 8.47. The van der Waals surface area contributed by atoms with Gasteiger partial charge in [-0.25, -0.2) is 4.79 Å². The zero-order valence-electron chi connectivity index (χ0n) is 11.5. The second-order valence-corrected chi connectivity index (χ2v) is 5.23. The maximum absolute atomic E-state index is 11.9. The predicted molar refractivity (Wildman–Crippen MR) is 74.8 cm³/mol. The SMILES string of the molecule is CC(C)C(CN)c1ccc2c(c1)n(C)c(=O)n2C. The summed E-state index contributed by atoms with van der Waals surface area (Å²) in [4.78, 5) is 11.9. The van der Waals surface area contributed by atoms with Gasteiger partial charge in [0, 0.05) is 14.1 Å². The summed E-state index contributed by atoms with van der Waals surface area (Å²) in [5.41, 5.74) is 9.00. The first kappa shape index (κ1) is 12.9. The summed E-state index contributed by atoms with van der Waals surface area (Å²) < 4.78 is 3.36. The van der Waals surface area contributed by atoms with E-state index in [4.69, 9.17) is 5.73 Å². The van der Waals surface area contributed by atoms with Gasteiger partial charge in [0.15, 0.2) is 0 Å². The van der Waals surface area contributed by atoms with Gasteiger partial charge in [-0.1, -0.05) is 19.9 Å². The molecule has 0 aliphatic rings. The van der Waals surface area contributed by atoms with Gasteiger partial charge in [0.2, 0.25) is 0 Å². The van der Waals surface area contributed by atoms with E-state index in [1.54, 1.807) is 23.2 Å². The van der Waals surface area contributed by atoms with Crippen molar-refractivity contribution in [3.63, 3.8) is 0 Å². The fourth-order valence-corrected chi connectivity index (χ4v) is 2.55. The molecule has 1 unspecified atom stereocenters. The number of nitrogens with two attached hydrogens (primary N) is 1. The number of rotatable bonds is 3. The lowest BCUT2D eigenvalue weighted by molar-refractivity contribution is 0.506. The zero-order chi connectivity index (χ0) is 13.4. The molecule has 0 saturated carbocycles. The van der Waals surface area contributed by atoms with Crippen LogP contribution in [0.4, 0.5) is 0 Å². The molecule has 0 aliphatic carbocycles. The van der Waals surface area contributed by atoms with Gasteiger partial charge >= 0.3 is 5.69 Å². The van der Waals surface area contributed by atoms with Gasteiger partial charge in [-0.05, 0) is 36.1 Å². The monoisotopic (exact) mass is 247 g/mol. The van der Waals surface area contributed by atoms with Crippen LogP contribution in [0.1, 0.15) is 25.3 Å². The van der Waals surface area contributed by atoms with Crippen molar-refractivity contribution in [2.75, 3.05) is 6.54 Å². The molecule has 0 radical (unpaired) electrons. The molecule has 0 aliphatic heterocycles. The third kappa shape index (κ3) is 1.86. The van der Waals surface area contributed by atoms with Gasteiger partial charge in [0.25, 0.3) is 0 Å². The molecule has 2 N–H and O–H groups in total. The number of aryl methyl sites for hydroxylation is 2. The first-order valence-corrected chi connectivity index (χ1v) is 6.32. The molecule has 4 heteroatoms. The highest BCUT2D eigenvalue weighted by Gasteiger charge is 2.16. The van der Waals surface area contributed by atoms with Crippen molar-refractivity contribution in [3.05, 3.63) is 34.2 Å². The second-order valence-electron chi connectivity index (χ2n) is 5.23. The third-order valence-corrected chi connectivity index (χ3v) is 3.78. The lowest BCUT2D eigenvalue weighted by Crippen LogP contribution is -2.19. The van der Waals surface area contributed by atoms with E-state index in [1.807, 2.05) is 6.07 Å². The Bertz CT molecular complexity index is 622. The normalized spacial score (nSPS) is 13.4. The Morgan fingerprint density at radius 2 is 1.78 bits per heavy atom. The second kappa shape index (κ2) is 4.61. The Balaban J connectivity index is 2.64. The molecule has 1 aromatic carbocycles. The highest BCUT2D eigenvalue weighted by Crippen LogP contribution is 2.26. The zero-order valence-corrected chi connectivity index (χ0v) is 11.5. The van der Waals surface area contributed by atoms with Crippen LogP contribution in [0.15, 0.2) is 23.0 Å². The lowest BCUT2D eigenvalue weighted by atomic mass is 9.88.